The van der Waals surface area contributed by atoms with Gasteiger partial charge in [0.25, 0.3) is 5.69 Å². The lowest BCUT2D eigenvalue weighted by molar-refractivity contribution is -0.385. The van der Waals surface area contributed by atoms with Crippen molar-refractivity contribution in [1.29, 1.82) is 0 Å². The Kier molecular flexibility index (Phi) is 5.21. The molecule has 94 valence electrons. The van der Waals surface area contributed by atoms with Crippen LogP contribution in [0.3, 0.4) is 0 Å². The van der Waals surface area contributed by atoms with Gasteiger partial charge < -0.3 is 5.32 Å². The molecule has 0 spiro atoms. The Morgan fingerprint density at radius 2 is 2.35 bits per heavy atom. The Bertz CT molecular complexity index is 398. The zero-order chi connectivity index (χ0) is 12.8. The average Bonchev–Trinajstić information content (AvgIpc) is 2.27. The molecular formula is C11H17N3O2S. The Hall–Kier alpha value is -1.30. The van der Waals surface area contributed by atoms with E-state index in [4.69, 9.17) is 0 Å². The van der Waals surface area contributed by atoms with E-state index in [9.17, 15) is 10.1 Å². The number of nitrogens with one attached hydrogen (secondary N) is 1. The Morgan fingerprint density at radius 1 is 1.65 bits per heavy atom. The molecule has 1 N–H and O–H groups in total. The van der Waals surface area contributed by atoms with Crippen molar-refractivity contribution in [2.75, 3.05) is 23.9 Å². The SMILES string of the molecule is CSCC(C)CNc1ncc([N+](=O)[O-])cc1C. The van der Waals surface area contributed by atoms with Crippen LogP contribution in [-0.2, 0) is 0 Å². The van der Waals surface area contributed by atoms with Crippen LogP contribution in [-0.4, -0.2) is 28.5 Å². The second kappa shape index (κ2) is 6.44. The highest BCUT2D eigenvalue weighted by Gasteiger charge is 2.09. The van der Waals surface area contributed by atoms with Gasteiger partial charge in [-0.1, -0.05) is 6.92 Å². The molecule has 0 aliphatic rings. The number of thioether (sulfide) groups is 1. The van der Waals surface area contributed by atoms with Crippen LogP contribution in [0.1, 0.15) is 12.5 Å². The molecule has 17 heavy (non-hydrogen) atoms. The molecule has 0 amide bonds. The van der Waals surface area contributed by atoms with Gasteiger partial charge in [0.1, 0.15) is 12.0 Å². The Labute approximate surface area is 105 Å². The molecule has 6 heteroatoms. The number of rotatable bonds is 6. The van der Waals surface area contributed by atoms with Gasteiger partial charge in [-0.05, 0) is 30.4 Å². The molecule has 1 aromatic rings. The van der Waals surface area contributed by atoms with Crippen molar-refractivity contribution >= 4 is 23.3 Å². The van der Waals surface area contributed by atoms with Gasteiger partial charge in [0.2, 0.25) is 0 Å². The van der Waals surface area contributed by atoms with Crippen LogP contribution in [0.25, 0.3) is 0 Å². The van der Waals surface area contributed by atoms with Crippen molar-refractivity contribution in [3.8, 4) is 0 Å². The van der Waals surface area contributed by atoms with Crippen molar-refractivity contribution in [3.05, 3.63) is 27.9 Å². The minimum absolute atomic E-state index is 0.0326. The molecule has 0 saturated heterocycles. The van der Waals surface area contributed by atoms with Gasteiger partial charge in [0.05, 0.1) is 4.92 Å². The van der Waals surface area contributed by atoms with Gasteiger partial charge in [-0.25, -0.2) is 4.98 Å². The van der Waals surface area contributed by atoms with Crippen LogP contribution in [0.2, 0.25) is 0 Å². The number of aromatic nitrogens is 1. The number of hydrogen-bond acceptors (Lipinski definition) is 5. The molecule has 0 radical (unpaired) electrons. The molecule has 1 rings (SSSR count). The Morgan fingerprint density at radius 3 is 2.88 bits per heavy atom. The first-order valence-electron chi connectivity index (χ1n) is 5.38. The lowest BCUT2D eigenvalue weighted by atomic mass is 10.2. The molecule has 5 nitrogen and oxygen atoms in total. The summed E-state index contributed by atoms with van der Waals surface area (Å²) in [5.41, 5.74) is 0.834. The smallest absolute Gasteiger partial charge is 0.287 e. The van der Waals surface area contributed by atoms with Gasteiger partial charge in [-0.15, -0.1) is 0 Å². The number of nitrogens with zero attached hydrogens (tertiary/aromatic N) is 2. The zero-order valence-corrected chi connectivity index (χ0v) is 11.1. The lowest BCUT2D eigenvalue weighted by Crippen LogP contribution is -2.14. The van der Waals surface area contributed by atoms with Crippen LogP contribution in [0.4, 0.5) is 11.5 Å². The third-order valence-corrected chi connectivity index (χ3v) is 3.25. The lowest BCUT2D eigenvalue weighted by Gasteiger charge is -2.12. The van der Waals surface area contributed by atoms with Crippen LogP contribution in [0.15, 0.2) is 12.3 Å². The number of pyridine rings is 1. The highest BCUT2D eigenvalue weighted by Crippen LogP contribution is 2.18. The van der Waals surface area contributed by atoms with E-state index in [0.717, 1.165) is 23.7 Å². The summed E-state index contributed by atoms with van der Waals surface area (Å²) in [7, 11) is 0. The van der Waals surface area contributed by atoms with Crippen molar-refractivity contribution in [2.45, 2.75) is 13.8 Å². The second-order valence-electron chi connectivity index (χ2n) is 4.06. The highest BCUT2D eigenvalue weighted by atomic mass is 32.2. The zero-order valence-electron chi connectivity index (χ0n) is 10.3. The van der Waals surface area contributed by atoms with Gasteiger partial charge in [-0.3, -0.25) is 10.1 Å². The normalized spacial score (nSPS) is 12.2. The van der Waals surface area contributed by atoms with Gasteiger partial charge >= 0.3 is 0 Å². The molecule has 0 aromatic carbocycles. The monoisotopic (exact) mass is 255 g/mol. The van der Waals surface area contributed by atoms with Crippen molar-refractivity contribution < 1.29 is 4.92 Å². The number of hydrogen-bond donors (Lipinski definition) is 1. The maximum Gasteiger partial charge on any atom is 0.287 e. The van der Waals surface area contributed by atoms with Crippen molar-refractivity contribution in [2.24, 2.45) is 5.92 Å². The summed E-state index contributed by atoms with van der Waals surface area (Å²) in [6.07, 6.45) is 3.36. The largest absolute Gasteiger partial charge is 0.370 e. The fraction of sp³-hybridized carbons (Fsp3) is 0.545. The van der Waals surface area contributed by atoms with E-state index in [0.29, 0.717) is 5.92 Å². The molecule has 0 aliphatic heterocycles. The van der Waals surface area contributed by atoms with Crippen molar-refractivity contribution in [3.63, 3.8) is 0 Å². The van der Waals surface area contributed by atoms with E-state index < -0.39 is 4.92 Å². The van der Waals surface area contributed by atoms with Gasteiger partial charge in [-0.2, -0.15) is 11.8 Å². The Balaban J connectivity index is 2.63. The second-order valence-corrected chi connectivity index (χ2v) is 4.97. The molecular weight excluding hydrogens is 238 g/mol. The van der Waals surface area contributed by atoms with Crippen LogP contribution >= 0.6 is 11.8 Å². The van der Waals surface area contributed by atoms with E-state index in [2.05, 4.69) is 23.5 Å². The molecule has 0 saturated carbocycles. The highest BCUT2D eigenvalue weighted by molar-refractivity contribution is 7.98. The third-order valence-electron chi connectivity index (χ3n) is 2.34. The standard InChI is InChI=1S/C11H17N3O2S/c1-8(7-17-3)5-12-11-9(2)4-10(6-13-11)14(15)16/h4,6,8H,5,7H2,1-3H3,(H,12,13). The summed E-state index contributed by atoms with van der Waals surface area (Å²) in [5.74, 6) is 2.35. The van der Waals surface area contributed by atoms with Gasteiger partial charge in [0, 0.05) is 12.6 Å². The third kappa shape index (κ3) is 4.22. The number of nitro groups is 1. The molecule has 1 unspecified atom stereocenters. The van der Waals surface area contributed by atoms with Crippen LogP contribution < -0.4 is 5.32 Å². The maximum atomic E-state index is 10.6. The minimum Gasteiger partial charge on any atom is -0.370 e. The first-order chi connectivity index (χ1) is 8.04. The van der Waals surface area contributed by atoms with E-state index >= 15 is 0 Å². The molecule has 1 aromatic heterocycles. The quantitative estimate of drug-likeness (QED) is 0.625. The molecule has 0 fully saturated rings. The van der Waals surface area contributed by atoms with Crippen LogP contribution in [0.5, 0.6) is 0 Å². The summed E-state index contributed by atoms with van der Waals surface area (Å²) < 4.78 is 0. The number of anilines is 1. The van der Waals surface area contributed by atoms with Crippen molar-refractivity contribution in [1.82, 2.24) is 4.98 Å². The summed E-state index contributed by atoms with van der Waals surface area (Å²) in [6.45, 7) is 4.80. The minimum atomic E-state index is -0.430. The fourth-order valence-electron chi connectivity index (χ4n) is 1.46. The summed E-state index contributed by atoms with van der Waals surface area (Å²) in [5, 5.41) is 13.8. The van der Waals surface area contributed by atoms with E-state index in [1.807, 2.05) is 6.92 Å². The van der Waals surface area contributed by atoms with Gasteiger partial charge in [0.15, 0.2) is 0 Å². The van der Waals surface area contributed by atoms with Crippen LogP contribution in [0, 0.1) is 23.0 Å². The average molecular weight is 255 g/mol. The van der Waals surface area contributed by atoms with E-state index in [-0.39, 0.29) is 5.69 Å². The maximum absolute atomic E-state index is 10.6. The predicted octanol–water partition coefficient (Wildman–Crippen LogP) is 2.71. The molecule has 0 bridgehead atoms. The molecule has 1 heterocycles. The summed E-state index contributed by atoms with van der Waals surface area (Å²) >= 11 is 1.81. The predicted molar refractivity (Wildman–Crippen MR) is 71.7 cm³/mol. The number of aryl methyl sites for hydroxylation is 1. The summed E-state index contributed by atoms with van der Waals surface area (Å²) in [4.78, 5) is 14.2. The van der Waals surface area contributed by atoms with E-state index in [1.165, 1.54) is 12.3 Å². The summed E-state index contributed by atoms with van der Waals surface area (Å²) in [6, 6.07) is 1.54. The molecule has 0 aliphatic carbocycles. The van der Waals surface area contributed by atoms with E-state index in [1.54, 1.807) is 11.8 Å². The fourth-order valence-corrected chi connectivity index (χ4v) is 2.15. The first kappa shape index (κ1) is 13.8. The topological polar surface area (TPSA) is 68.1 Å². The molecule has 1 atom stereocenters. The first-order valence-corrected chi connectivity index (χ1v) is 6.77.